The van der Waals surface area contributed by atoms with Crippen molar-refractivity contribution in [2.24, 2.45) is 11.3 Å². The van der Waals surface area contributed by atoms with Gasteiger partial charge in [-0.15, -0.1) is 0 Å². The number of hydrogen-bond donors (Lipinski definition) is 2. The number of hydrogen-bond acceptors (Lipinski definition) is 2. The number of carbonyl (C=O) groups excluding carboxylic acids is 1. The van der Waals surface area contributed by atoms with E-state index in [1.165, 1.54) is 44.9 Å². The van der Waals surface area contributed by atoms with Gasteiger partial charge >= 0.3 is 0 Å². The van der Waals surface area contributed by atoms with E-state index in [1.807, 2.05) is 0 Å². The molecule has 3 atom stereocenters. The van der Waals surface area contributed by atoms with Crippen LogP contribution in [0.5, 0.6) is 0 Å². The summed E-state index contributed by atoms with van der Waals surface area (Å²) in [4.78, 5) is 12.3. The van der Waals surface area contributed by atoms with Crippen LogP contribution >= 0.6 is 0 Å². The van der Waals surface area contributed by atoms with Crippen molar-refractivity contribution in [2.75, 3.05) is 6.54 Å². The lowest BCUT2D eigenvalue weighted by atomic mass is 9.82. The van der Waals surface area contributed by atoms with Gasteiger partial charge in [0.05, 0.1) is 5.92 Å². The fourth-order valence-corrected chi connectivity index (χ4v) is 4.30. The number of nitrogens with one attached hydrogen (secondary N) is 2. The van der Waals surface area contributed by atoms with Gasteiger partial charge in [0, 0.05) is 18.6 Å². The number of amides is 1. The Kier molecular flexibility index (Phi) is 3.35. The molecule has 2 N–H and O–H groups in total. The lowest BCUT2D eigenvalue weighted by Gasteiger charge is -2.29. The second-order valence-corrected chi connectivity index (χ2v) is 6.67. The maximum absolute atomic E-state index is 12.3. The number of carbonyl (C=O) groups is 1. The van der Waals surface area contributed by atoms with Crippen LogP contribution in [0, 0.1) is 11.3 Å². The van der Waals surface area contributed by atoms with Crippen molar-refractivity contribution in [3.63, 3.8) is 0 Å². The number of fused-ring (bicyclic) bond motifs is 2. The van der Waals surface area contributed by atoms with Gasteiger partial charge in [0.15, 0.2) is 0 Å². The Morgan fingerprint density at radius 3 is 2.67 bits per heavy atom. The summed E-state index contributed by atoms with van der Waals surface area (Å²) in [6.45, 7) is 3.19. The molecular formula is C15H26N2O. The quantitative estimate of drug-likeness (QED) is 0.803. The van der Waals surface area contributed by atoms with Crippen LogP contribution < -0.4 is 10.6 Å². The smallest absolute Gasteiger partial charge is 0.224 e. The van der Waals surface area contributed by atoms with E-state index in [4.69, 9.17) is 0 Å². The summed E-state index contributed by atoms with van der Waals surface area (Å²) in [5, 5.41) is 6.81. The molecule has 2 saturated heterocycles. The highest BCUT2D eigenvalue weighted by Gasteiger charge is 2.43. The maximum atomic E-state index is 12.3. The van der Waals surface area contributed by atoms with Gasteiger partial charge in [0.25, 0.3) is 0 Å². The van der Waals surface area contributed by atoms with Gasteiger partial charge in [-0.25, -0.2) is 0 Å². The molecule has 3 unspecified atom stereocenters. The van der Waals surface area contributed by atoms with Gasteiger partial charge in [-0.1, -0.05) is 19.8 Å². The maximum Gasteiger partial charge on any atom is 0.224 e. The molecule has 1 aliphatic carbocycles. The van der Waals surface area contributed by atoms with E-state index in [9.17, 15) is 4.79 Å². The molecule has 3 nitrogen and oxygen atoms in total. The lowest BCUT2D eigenvalue weighted by Crippen LogP contribution is -2.42. The summed E-state index contributed by atoms with van der Waals surface area (Å²) < 4.78 is 0. The minimum atomic E-state index is 0.249. The van der Waals surface area contributed by atoms with E-state index in [0.717, 1.165) is 13.0 Å². The van der Waals surface area contributed by atoms with E-state index in [2.05, 4.69) is 17.6 Å². The lowest BCUT2D eigenvalue weighted by molar-refractivity contribution is -0.126. The SMILES string of the molecule is CCC1(CNC(=O)C2CC3CCC2N3)CCCC1. The molecule has 102 valence electrons. The molecule has 1 saturated carbocycles. The Hall–Kier alpha value is -0.570. The molecule has 3 heteroatoms. The molecule has 18 heavy (non-hydrogen) atoms. The zero-order chi connectivity index (χ0) is 12.6. The summed E-state index contributed by atoms with van der Waals surface area (Å²) in [6, 6.07) is 1.09. The van der Waals surface area contributed by atoms with Gasteiger partial charge in [0.2, 0.25) is 5.91 Å². The molecule has 0 aromatic heterocycles. The molecule has 1 amide bonds. The average Bonchev–Trinajstić information content (AvgIpc) is 3.12. The van der Waals surface area contributed by atoms with Crippen LogP contribution in [0.1, 0.15) is 58.3 Å². The van der Waals surface area contributed by atoms with Crippen LogP contribution in [0.15, 0.2) is 0 Å². The first kappa shape index (κ1) is 12.5. The summed E-state index contributed by atoms with van der Waals surface area (Å²) in [5.41, 5.74) is 0.417. The predicted molar refractivity (Wildman–Crippen MR) is 72.3 cm³/mol. The molecule has 0 radical (unpaired) electrons. The van der Waals surface area contributed by atoms with Crippen molar-refractivity contribution in [2.45, 2.75) is 70.4 Å². The molecule has 2 heterocycles. The highest BCUT2D eigenvalue weighted by Crippen LogP contribution is 2.40. The molecule has 3 fully saturated rings. The van der Waals surface area contributed by atoms with Crippen LogP contribution in [0.2, 0.25) is 0 Å². The first-order valence-corrected chi connectivity index (χ1v) is 7.76. The fourth-order valence-electron chi connectivity index (χ4n) is 4.30. The largest absolute Gasteiger partial charge is 0.355 e. The zero-order valence-electron chi connectivity index (χ0n) is 11.5. The highest BCUT2D eigenvalue weighted by atomic mass is 16.1. The first-order valence-electron chi connectivity index (χ1n) is 7.76. The van der Waals surface area contributed by atoms with Crippen molar-refractivity contribution >= 4 is 5.91 Å². The van der Waals surface area contributed by atoms with E-state index >= 15 is 0 Å². The Morgan fingerprint density at radius 1 is 1.33 bits per heavy atom. The Bertz CT molecular complexity index is 322. The standard InChI is InChI=1S/C15H26N2O/c1-2-15(7-3-4-8-15)10-16-14(18)12-9-11-5-6-13(12)17-11/h11-13,17H,2-10H2,1H3,(H,16,18). The summed E-state index contributed by atoms with van der Waals surface area (Å²) in [5.74, 6) is 0.563. The molecular weight excluding hydrogens is 224 g/mol. The van der Waals surface area contributed by atoms with E-state index < -0.39 is 0 Å². The van der Waals surface area contributed by atoms with Crippen LogP contribution in [-0.4, -0.2) is 24.5 Å². The fraction of sp³-hybridized carbons (Fsp3) is 0.933. The molecule has 3 aliphatic rings. The number of rotatable bonds is 4. The molecule has 2 aliphatic heterocycles. The van der Waals surface area contributed by atoms with Gasteiger partial charge in [-0.05, 0) is 43.9 Å². The van der Waals surface area contributed by atoms with Gasteiger partial charge in [-0.2, -0.15) is 0 Å². The van der Waals surface area contributed by atoms with Gasteiger partial charge in [-0.3, -0.25) is 4.79 Å². The highest BCUT2D eigenvalue weighted by molar-refractivity contribution is 5.80. The average molecular weight is 250 g/mol. The molecule has 0 spiro atoms. The Labute approximate surface area is 110 Å². The first-order chi connectivity index (χ1) is 8.72. The summed E-state index contributed by atoms with van der Waals surface area (Å²) in [7, 11) is 0. The van der Waals surface area contributed by atoms with Crippen molar-refractivity contribution in [3.8, 4) is 0 Å². The van der Waals surface area contributed by atoms with Crippen LogP contribution in [0.3, 0.4) is 0 Å². The minimum absolute atomic E-state index is 0.249. The monoisotopic (exact) mass is 250 g/mol. The van der Waals surface area contributed by atoms with Crippen LogP contribution in [0.4, 0.5) is 0 Å². The Balaban J connectivity index is 1.52. The third kappa shape index (κ3) is 2.18. The molecule has 0 aromatic rings. The predicted octanol–water partition coefficient (Wildman–Crippen LogP) is 2.21. The third-order valence-corrected chi connectivity index (χ3v) is 5.69. The van der Waals surface area contributed by atoms with E-state index in [-0.39, 0.29) is 5.92 Å². The van der Waals surface area contributed by atoms with E-state index in [0.29, 0.717) is 23.4 Å². The Morgan fingerprint density at radius 2 is 2.11 bits per heavy atom. The van der Waals surface area contributed by atoms with Crippen LogP contribution in [-0.2, 0) is 4.79 Å². The van der Waals surface area contributed by atoms with Gasteiger partial charge < -0.3 is 10.6 Å². The molecule has 3 rings (SSSR count). The second kappa shape index (κ2) is 4.84. The zero-order valence-corrected chi connectivity index (χ0v) is 11.5. The summed E-state index contributed by atoms with van der Waals surface area (Å²) in [6.07, 6.45) is 10.0. The third-order valence-electron chi connectivity index (χ3n) is 5.69. The van der Waals surface area contributed by atoms with Crippen molar-refractivity contribution in [3.05, 3.63) is 0 Å². The second-order valence-electron chi connectivity index (χ2n) is 6.67. The van der Waals surface area contributed by atoms with Crippen molar-refractivity contribution in [1.29, 1.82) is 0 Å². The summed E-state index contributed by atoms with van der Waals surface area (Å²) >= 11 is 0. The van der Waals surface area contributed by atoms with Gasteiger partial charge in [0.1, 0.15) is 0 Å². The van der Waals surface area contributed by atoms with E-state index in [1.54, 1.807) is 0 Å². The molecule has 2 bridgehead atoms. The normalized spacial score (nSPS) is 37.1. The minimum Gasteiger partial charge on any atom is -0.355 e. The molecule has 0 aromatic carbocycles. The van der Waals surface area contributed by atoms with Crippen LogP contribution in [0.25, 0.3) is 0 Å². The van der Waals surface area contributed by atoms with Crippen molar-refractivity contribution in [1.82, 2.24) is 10.6 Å². The van der Waals surface area contributed by atoms with Crippen molar-refractivity contribution < 1.29 is 4.79 Å². The topological polar surface area (TPSA) is 41.1 Å².